The predicted molar refractivity (Wildman–Crippen MR) is 148 cm³/mol. The Balaban J connectivity index is 0.000000351. The minimum Gasteiger partial charge on any atom is -0.377 e. The van der Waals surface area contributed by atoms with Crippen molar-refractivity contribution in [3.8, 4) is 0 Å². The molecule has 0 N–H and O–H groups in total. The molecule has 0 amide bonds. The largest absolute Gasteiger partial charge is 0.507 e. The monoisotopic (exact) mass is 518 g/mol. The minimum absolute atomic E-state index is 0.0664. The Morgan fingerprint density at radius 3 is 1.97 bits per heavy atom. The maximum absolute atomic E-state index is 5.91. The molecule has 0 aliphatic carbocycles. The quantitative estimate of drug-likeness (QED) is 0.272. The molecule has 0 fully saturated rings. The van der Waals surface area contributed by atoms with Crippen LogP contribution in [0.1, 0.15) is 48.1 Å². The lowest BCUT2D eigenvalue weighted by molar-refractivity contribution is 0.0911. The van der Waals surface area contributed by atoms with Gasteiger partial charge in [-0.3, -0.25) is 0 Å². The summed E-state index contributed by atoms with van der Waals surface area (Å²) < 4.78 is 33.4. The summed E-state index contributed by atoms with van der Waals surface area (Å²) in [6.45, 7) is 12.3. The predicted octanol–water partition coefficient (Wildman–Crippen LogP) is 6.34. The van der Waals surface area contributed by atoms with Crippen LogP contribution in [0.3, 0.4) is 0 Å². The van der Waals surface area contributed by atoms with E-state index in [1.807, 2.05) is 48.6 Å². The minimum atomic E-state index is -2.66. The van der Waals surface area contributed by atoms with Gasteiger partial charge in [-0.15, -0.1) is 0 Å². The lowest BCUT2D eigenvalue weighted by atomic mass is 10.1. The van der Waals surface area contributed by atoms with E-state index >= 15 is 0 Å². The first-order valence-corrected chi connectivity index (χ1v) is 15.4. The maximum Gasteiger partial charge on any atom is 0.507 e. The molecule has 0 spiro atoms. The van der Waals surface area contributed by atoms with Crippen molar-refractivity contribution in [3.05, 3.63) is 83.9 Å². The molecule has 194 valence electrons. The van der Waals surface area contributed by atoms with Crippen molar-refractivity contribution in [1.82, 2.24) is 0 Å². The zero-order valence-electron chi connectivity index (χ0n) is 22.3. The summed E-state index contributed by atoms with van der Waals surface area (Å²) >= 11 is 0. The Labute approximate surface area is 214 Å². The highest BCUT2D eigenvalue weighted by Crippen LogP contribution is 2.30. The van der Waals surface area contributed by atoms with Gasteiger partial charge in [-0.2, -0.15) is 0 Å². The van der Waals surface area contributed by atoms with Crippen molar-refractivity contribution in [1.29, 1.82) is 0 Å². The standard InChI is InChI=1S/C14H22O3Si.C13H20O3Si/c1-5-10-18(15-3,16-4)17-12-14-9-7-8-13(6-2)11-14;1-6-12-9-7-8-10-13(12)11(2)17(14-3,15-4)16-5/h6-9,11H,2,5,10,12H2,1,3-4H3;6-11H,1H2,2-5H3. The zero-order valence-corrected chi connectivity index (χ0v) is 24.3. The molecule has 0 aliphatic rings. The van der Waals surface area contributed by atoms with Gasteiger partial charge in [0.05, 0.1) is 12.1 Å². The van der Waals surface area contributed by atoms with E-state index in [4.69, 9.17) is 26.6 Å². The van der Waals surface area contributed by atoms with E-state index in [1.165, 1.54) is 0 Å². The molecule has 6 nitrogen and oxygen atoms in total. The average molecular weight is 519 g/mol. The normalized spacial score (nSPS) is 12.4. The van der Waals surface area contributed by atoms with Gasteiger partial charge < -0.3 is 26.6 Å². The topological polar surface area (TPSA) is 55.4 Å². The number of rotatable bonds is 14. The highest BCUT2D eigenvalue weighted by atomic mass is 28.4. The van der Waals surface area contributed by atoms with Crippen molar-refractivity contribution in [2.75, 3.05) is 35.5 Å². The third-order valence-corrected chi connectivity index (χ3v) is 11.9. The van der Waals surface area contributed by atoms with E-state index < -0.39 is 17.6 Å². The molecule has 0 radical (unpaired) electrons. The summed E-state index contributed by atoms with van der Waals surface area (Å²) in [6.07, 6.45) is 4.65. The van der Waals surface area contributed by atoms with E-state index in [2.05, 4.69) is 39.1 Å². The Bertz CT molecular complexity index is 888. The van der Waals surface area contributed by atoms with Gasteiger partial charge in [0.15, 0.2) is 0 Å². The van der Waals surface area contributed by atoms with Gasteiger partial charge in [0.1, 0.15) is 0 Å². The molecule has 1 atom stereocenters. The van der Waals surface area contributed by atoms with Crippen molar-refractivity contribution < 1.29 is 26.6 Å². The van der Waals surface area contributed by atoms with E-state index in [-0.39, 0.29) is 5.54 Å². The highest BCUT2D eigenvalue weighted by molar-refractivity contribution is 6.62. The SMILES string of the molecule is C=Cc1cccc(CO[Si](CCC)(OC)OC)c1.C=Cc1ccccc1C(C)[Si](OC)(OC)OC. The number of hydrogen-bond acceptors (Lipinski definition) is 6. The van der Waals surface area contributed by atoms with Crippen LogP contribution in [0.4, 0.5) is 0 Å². The van der Waals surface area contributed by atoms with Crippen LogP contribution in [0, 0.1) is 0 Å². The summed E-state index contributed by atoms with van der Waals surface area (Å²) in [6, 6.07) is 17.0. The molecule has 1 unspecified atom stereocenters. The fraction of sp³-hybridized carbons (Fsp3) is 0.407. The smallest absolute Gasteiger partial charge is 0.377 e. The number of benzene rings is 2. The fourth-order valence-electron chi connectivity index (χ4n) is 3.85. The fourth-order valence-corrected chi connectivity index (χ4v) is 8.01. The molecular weight excluding hydrogens is 476 g/mol. The highest BCUT2D eigenvalue weighted by Gasteiger charge is 2.46. The van der Waals surface area contributed by atoms with Gasteiger partial charge in [0.2, 0.25) is 0 Å². The summed E-state index contributed by atoms with van der Waals surface area (Å²) in [4.78, 5) is 0. The first-order chi connectivity index (χ1) is 16.8. The molecule has 2 aromatic carbocycles. The zero-order chi connectivity index (χ0) is 26.3. The Hall–Kier alpha value is -1.89. The maximum atomic E-state index is 5.91. The molecule has 0 saturated heterocycles. The third kappa shape index (κ3) is 8.62. The molecule has 8 heteroatoms. The van der Waals surface area contributed by atoms with Crippen LogP contribution in [0.25, 0.3) is 12.2 Å². The molecule has 0 bridgehead atoms. The van der Waals surface area contributed by atoms with Crippen LogP contribution < -0.4 is 0 Å². The Morgan fingerprint density at radius 1 is 0.829 bits per heavy atom. The summed E-state index contributed by atoms with van der Waals surface area (Å²) in [7, 11) is 3.07. The van der Waals surface area contributed by atoms with Crippen LogP contribution in [0.5, 0.6) is 0 Å². The molecule has 35 heavy (non-hydrogen) atoms. The molecule has 0 heterocycles. The van der Waals surface area contributed by atoms with Gasteiger partial charge in [-0.05, 0) is 28.3 Å². The van der Waals surface area contributed by atoms with E-state index in [1.54, 1.807) is 35.5 Å². The van der Waals surface area contributed by atoms with Crippen LogP contribution in [-0.2, 0) is 33.2 Å². The van der Waals surface area contributed by atoms with Crippen LogP contribution >= 0.6 is 0 Å². The summed E-state index contributed by atoms with van der Waals surface area (Å²) in [5.74, 6) is 0. The lowest BCUT2D eigenvalue weighted by Crippen LogP contribution is -2.48. The van der Waals surface area contributed by atoms with Gasteiger partial charge >= 0.3 is 17.6 Å². The van der Waals surface area contributed by atoms with Crippen LogP contribution in [0.15, 0.2) is 61.7 Å². The van der Waals surface area contributed by atoms with E-state index in [9.17, 15) is 0 Å². The third-order valence-electron chi connectivity index (χ3n) is 5.89. The second kappa shape index (κ2) is 16.0. The molecule has 0 saturated carbocycles. The molecule has 0 aromatic heterocycles. The lowest BCUT2D eigenvalue weighted by Gasteiger charge is -2.31. The van der Waals surface area contributed by atoms with Crippen molar-refractivity contribution in [3.63, 3.8) is 0 Å². The molecule has 2 aromatic rings. The molecule has 0 aliphatic heterocycles. The van der Waals surface area contributed by atoms with Crippen molar-refractivity contribution in [2.24, 2.45) is 0 Å². The van der Waals surface area contributed by atoms with Gasteiger partial charge in [0.25, 0.3) is 0 Å². The Morgan fingerprint density at radius 2 is 1.46 bits per heavy atom. The van der Waals surface area contributed by atoms with E-state index in [0.717, 1.165) is 34.7 Å². The molecule has 2 rings (SSSR count). The van der Waals surface area contributed by atoms with Crippen LogP contribution in [0.2, 0.25) is 6.04 Å². The first kappa shape index (κ1) is 31.1. The second-order valence-electron chi connectivity index (χ2n) is 7.85. The first-order valence-electron chi connectivity index (χ1n) is 11.7. The van der Waals surface area contributed by atoms with Crippen molar-refractivity contribution in [2.45, 2.75) is 38.5 Å². The van der Waals surface area contributed by atoms with Gasteiger partial charge in [0, 0.05) is 41.6 Å². The van der Waals surface area contributed by atoms with E-state index in [0.29, 0.717) is 6.61 Å². The van der Waals surface area contributed by atoms with Gasteiger partial charge in [-0.1, -0.05) is 88.0 Å². The van der Waals surface area contributed by atoms with Gasteiger partial charge in [-0.25, -0.2) is 0 Å². The van der Waals surface area contributed by atoms with Crippen LogP contribution in [-0.4, -0.2) is 53.2 Å². The molecular formula is C27H42O6Si2. The summed E-state index contributed by atoms with van der Waals surface area (Å²) in [5.41, 5.74) is 4.49. The van der Waals surface area contributed by atoms with Crippen molar-refractivity contribution >= 4 is 29.8 Å². The number of hydrogen-bond donors (Lipinski definition) is 0. The second-order valence-corrected chi connectivity index (χ2v) is 14.1. The summed E-state index contributed by atoms with van der Waals surface area (Å²) in [5, 5.41) is 0. The Kier molecular flexibility index (Phi) is 14.2. The average Bonchev–Trinajstić information content (AvgIpc) is 2.92.